The number of piperazine rings is 1. The molecule has 1 saturated heterocycles. The quantitative estimate of drug-likeness (QED) is 0.881. The van der Waals surface area contributed by atoms with Crippen LogP contribution in [0.1, 0.15) is 13.3 Å². The van der Waals surface area contributed by atoms with Crippen molar-refractivity contribution in [1.29, 1.82) is 0 Å². The van der Waals surface area contributed by atoms with Gasteiger partial charge in [0.1, 0.15) is 0 Å². The maximum Gasteiger partial charge on any atom is 0.239 e. The maximum absolute atomic E-state index is 12.0. The molecule has 0 radical (unpaired) electrons. The van der Waals surface area contributed by atoms with Crippen LogP contribution in [0, 0.1) is 0 Å². The molecule has 19 heavy (non-hydrogen) atoms. The molecular weight excluding hydrogens is 310 g/mol. The summed E-state index contributed by atoms with van der Waals surface area (Å²) in [5, 5.41) is 0. The number of halogens is 1. The molecule has 0 spiro atoms. The van der Waals surface area contributed by atoms with Gasteiger partial charge >= 0.3 is 0 Å². The van der Waals surface area contributed by atoms with Crippen LogP contribution in [0.2, 0.25) is 0 Å². The standard InChI is InChI=1S/C12H18BrN5O/c1-2-10(14)11(19)17-3-5-18(6-4-17)12-15-7-9(13)8-16-12/h7-8,10H,2-6,14H2,1H3/t10-/m0/s1. The number of nitrogens with zero attached hydrogens (tertiary/aromatic N) is 4. The van der Waals surface area contributed by atoms with Gasteiger partial charge in [-0.15, -0.1) is 0 Å². The van der Waals surface area contributed by atoms with Crippen molar-refractivity contribution in [2.75, 3.05) is 31.1 Å². The van der Waals surface area contributed by atoms with Gasteiger partial charge < -0.3 is 15.5 Å². The Balaban J connectivity index is 1.92. The zero-order chi connectivity index (χ0) is 13.8. The molecule has 1 atom stereocenters. The van der Waals surface area contributed by atoms with E-state index in [2.05, 4.69) is 30.8 Å². The van der Waals surface area contributed by atoms with E-state index in [0.717, 1.165) is 17.6 Å². The average molecular weight is 328 g/mol. The van der Waals surface area contributed by atoms with Crippen LogP contribution in [0.5, 0.6) is 0 Å². The zero-order valence-electron chi connectivity index (χ0n) is 10.9. The predicted molar refractivity (Wildman–Crippen MR) is 76.8 cm³/mol. The van der Waals surface area contributed by atoms with Crippen LogP contribution in [-0.2, 0) is 4.79 Å². The number of rotatable bonds is 3. The number of anilines is 1. The summed E-state index contributed by atoms with van der Waals surface area (Å²) in [6.45, 7) is 4.75. The number of hydrogen-bond donors (Lipinski definition) is 1. The molecule has 1 aliphatic rings. The van der Waals surface area contributed by atoms with E-state index in [0.29, 0.717) is 25.5 Å². The van der Waals surface area contributed by atoms with Gasteiger partial charge in [-0.05, 0) is 22.4 Å². The highest BCUT2D eigenvalue weighted by Gasteiger charge is 2.25. The summed E-state index contributed by atoms with van der Waals surface area (Å²) >= 11 is 3.31. The molecule has 2 rings (SSSR count). The van der Waals surface area contributed by atoms with Crippen molar-refractivity contribution in [3.63, 3.8) is 0 Å². The minimum atomic E-state index is -0.379. The van der Waals surface area contributed by atoms with Crippen molar-refractivity contribution in [2.45, 2.75) is 19.4 Å². The molecule has 7 heteroatoms. The van der Waals surface area contributed by atoms with Gasteiger partial charge in [0.05, 0.1) is 10.5 Å². The SMILES string of the molecule is CC[C@H](N)C(=O)N1CCN(c2ncc(Br)cn2)CC1. The van der Waals surface area contributed by atoms with Crippen molar-refractivity contribution in [2.24, 2.45) is 5.73 Å². The van der Waals surface area contributed by atoms with E-state index in [1.54, 1.807) is 12.4 Å². The normalized spacial score (nSPS) is 17.4. The highest BCUT2D eigenvalue weighted by atomic mass is 79.9. The minimum Gasteiger partial charge on any atom is -0.338 e. The number of carbonyl (C=O) groups excluding carboxylic acids is 1. The summed E-state index contributed by atoms with van der Waals surface area (Å²) in [7, 11) is 0. The van der Waals surface area contributed by atoms with Crippen molar-refractivity contribution in [3.05, 3.63) is 16.9 Å². The zero-order valence-corrected chi connectivity index (χ0v) is 12.5. The molecule has 1 fully saturated rings. The first-order valence-electron chi connectivity index (χ1n) is 6.38. The number of aromatic nitrogens is 2. The Bertz CT molecular complexity index is 430. The fourth-order valence-electron chi connectivity index (χ4n) is 2.00. The first kappa shape index (κ1) is 14.2. The van der Waals surface area contributed by atoms with Gasteiger partial charge in [-0.2, -0.15) is 0 Å². The molecule has 0 aromatic carbocycles. The van der Waals surface area contributed by atoms with E-state index >= 15 is 0 Å². The third-order valence-electron chi connectivity index (χ3n) is 3.24. The van der Waals surface area contributed by atoms with E-state index in [1.165, 1.54) is 0 Å². The summed E-state index contributed by atoms with van der Waals surface area (Å²) in [6, 6.07) is -0.379. The third-order valence-corrected chi connectivity index (χ3v) is 3.65. The van der Waals surface area contributed by atoms with Gasteiger partial charge in [0.2, 0.25) is 11.9 Å². The largest absolute Gasteiger partial charge is 0.338 e. The van der Waals surface area contributed by atoms with E-state index in [4.69, 9.17) is 5.73 Å². The maximum atomic E-state index is 12.0. The monoisotopic (exact) mass is 327 g/mol. The van der Waals surface area contributed by atoms with E-state index < -0.39 is 0 Å². The Labute approximate surface area is 121 Å². The van der Waals surface area contributed by atoms with Crippen LogP contribution >= 0.6 is 15.9 Å². The lowest BCUT2D eigenvalue weighted by Crippen LogP contribution is -2.53. The van der Waals surface area contributed by atoms with Gasteiger partial charge in [-0.1, -0.05) is 6.92 Å². The molecule has 1 amide bonds. The lowest BCUT2D eigenvalue weighted by molar-refractivity contribution is -0.132. The topological polar surface area (TPSA) is 75.4 Å². The van der Waals surface area contributed by atoms with Crippen LogP contribution in [0.25, 0.3) is 0 Å². The molecule has 0 saturated carbocycles. The van der Waals surface area contributed by atoms with Crippen molar-refractivity contribution in [1.82, 2.24) is 14.9 Å². The molecule has 0 aliphatic carbocycles. The van der Waals surface area contributed by atoms with Crippen molar-refractivity contribution >= 4 is 27.8 Å². The van der Waals surface area contributed by atoms with Crippen molar-refractivity contribution in [3.8, 4) is 0 Å². The number of nitrogens with two attached hydrogens (primary N) is 1. The van der Waals surface area contributed by atoms with E-state index in [9.17, 15) is 4.79 Å². The summed E-state index contributed by atoms with van der Waals surface area (Å²) < 4.78 is 0.860. The Kier molecular flexibility index (Phi) is 4.71. The van der Waals surface area contributed by atoms with E-state index in [1.807, 2.05) is 11.8 Å². The molecule has 6 nitrogen and oxygen atoms in total. The lowest BCUT2D eigenvalue weighted by Gasteiger charge is -2.35. The van der Waals surface area contributed by atoms with Crippen LogP contribution in [0.4, 0.5) is 5.95 Å². The Morgan fingerprint density at radius 2 is 1.95 bits per heavy atom. The fourth-order valence-corrected chi connectivity index (χ4v) is 2.21. The smallest absolute Gasteiger partial charge is 0.239 e. The van der Waals surface area contributed by atoms with Crippen LogP contribution < -0.4 is 10.6 Å². The fraction of sp³-hybridized carbons (Fsp3) is 0.583. The first-order chi connectivity index (χ1) is 9.11. The highest BCUT2D eigenvalue weighted by molar-refractivity contribution is 9.10. The van der Waals surface area contributed by atoms with Crippen molar-refractivity contribution < 1.29 is 4.79 Å². The summed E-state index contributed by atoms with van der Waals surface area (Å²) in [4.78, 5) is 24.4. The number of amides is 1. The van der Waals surface area contributed by atoms with Crippen LogP contribution in [-0.4, -0.2) is 53.0 Å². The Morgan fingerprint density at radius 3 is 2.47 bits per heavy atom. The molecule has 2 N–H and O–H groups in total. The average Bonchev–Trinajstić information content (AvgIpc) is 2.46. The van der Waals surface area contributed by atoms with Gasteiger partial charge in [0.25, 0.3) is 0 Å². The van der Waals surface area contributed by atoms with Gasteiger partial charge in [0, 0.05) is 38.6 Å². The Hall–Kier alpha value is -1.21. The molecule has 0 unspecified atom stereocenters. The molecule has 0 bridgehead atoms. The van der Waals surface area contributed by atoms with Gasteiger partial charge in [-0.25, -0.2) is 9.97 Å². The molecular formula is C12H18BrN5O. The molecule has 1 aromatic heterocycles. The molecule has 1 aliphatic heterocycles. The Morgan fingerprint density at radius 1 is 1.37 bits per heavy atom. The summed E-state index contributed by atoms with van der Waals surface area (Å²) in [6.07, 6.45) is 4.13. The lowest BCUT2D eigenvalue weighted by atomic mass is 10.2. The predicted octanol–water partition coefficient (Wildman–Crippen LogP) is 0.625. The minimum absolute atomic E-state index is 0.0406. The second-order valence-electron chi connectivity index (χ2n) is 4.53. The first-order valence-corrected chi connectivity index (χ1v) is 7.18. The highest BCUT2D eigenvalue weighted by Crippen LogP contribution is 2.13. The van der Waals surface area contributed by atoms with Gasteiger partial charge in [-0.3, -0.25) is 4.79 Å². The second kappa shape index (κ2) is 6.29. The van der Waals surface area contributed by atoms with Crippen LogP contribution in [0.3, 0.4) is 0 Å². The van der Waals surface area contributed by atoms with Crippen LogP contribution in [0.15, 0.2) is 16.9 Å². The molecule has 2 heterocycles. The number of carbonyl (C=O) groups is 1. The molecule has 1 aromatic rings. The number of hydrogen-bond acceptors (Lipinski definition) is 5. The van der Waals surface area contributed by atoms with E-state index in [-0.39, 0.29) is 11.9 Å². The summed E-state index contributed by atoms with van der Waals surface area (Å²) in [5.74, 6) is 0.744. The second-order valence-corrected chi connectivity index (χ2v) is 5.44. The van der Waals surface area contributed by atoms with Gasteiger partial charge in [0.15, 0.2) is 0 Å². The molecule has 104 valence electrons. The summed E-state index contributed by atoms with van der Waals surface area (Å²) in [5.41, 5.74) is 5.78. The third kappa shape index (κ3) is 3.42.